The fourth-order valence-corrected chi connectivity index (χ4v) is 1.79. The predicted molar refractivity (Wildman–Crippen MR) is 78.5 cm³/mol. The van der Waals surface area contributed by atoms with Gasteiger partial charge in [0.2, 0.25) is 0 Å². The quantitative estimate of drug-likeness (QED) is 0.830. The van der Waals surface area contributed by atoms with Gasteiger partial charge in [-0.1, -0.05) is 5.98 Å². The van der Waals surface area contributed by atoms with Crippen LogP contribution in [0.1, 0.15) is 39.0 Å². The third-order valence-corrected chi connectivity index (χ3v) is 3.86. The van der Waals surface area contributed by atoms with Crippen molar-refractivity contribution in [1.82, 2.24) is 4.98 Å². The molecular weight excluding hydrogens is 239 g/mol. The van der Waals surface area contributed by atoms with Gasteiger partial charge in [0, 0.05) is 11.9 Å². The number of aromatic nitrogens is 1. The van der Waals surface area contributed by atoms with E-state index in [0.29, 0.717) is 0 Å². The molecule has 19 heavy (non-hydrogen) atoms. The molecule has 0 unspecified atom stereocenters. The van der Waals surface area contributed by atoms with Gasteiger partial charge in [0.15, 0.2) is 0 Å². The van der Waals surface area contributed by atoms with Gasteiger partial charge in [0.05, 0.1) is 16.9 Å². The van der Waals surface area contributed by atoms with Crippen molar-refractivity contribution in [1.29, 1.82) is 0 Å². The lowest BCUT2D eigenvalue weighted by atomic mass is 9.89. The highest BCUT2D eigenvalue weighted by Crippen LogP contribution is 2.36. The highest BCUT2D eigenvalue weighted by atomic mass is 16.7. The van der Waals surface area contributed by atoms with Gasteiger partial charge >= 0.3 is 7.12 Å². The number of rotatable bonds is 2. The number of nitrogens with zero attached hydrogens (tertiary/aromatic N) is 1. The first-order chi connectivity index (χ1) is 8.71. The van der Waals surface area contributed by atoms with Gasteiger partial charge in [-0.25, -0.2) is 0 Å². The Kier molecular flexibility index (Phi) is 3.45. The summed E-state index contributed by atoms with van der Waals surface area (Å²) in [7, 11) is -0.352. The standard InChI is InChI=1S/C14H21BN2O2/c1-10-9-17-11(8-12(10)16)6-7-15-18-13(2,3)14(4,5)19-15/h6-9H,1-5H3,(H2,16,17)/b7-6+. The lowest BCUT2D eigenvalue weighted by Crippen LogP contribution is -2.41. The minimum atomic E-state index is -0.352. The Labute approximate surface area is 115 Å². The van der Waals surface area contributed by atoms with E-state index in [1.165, 1.54) is 0 Å². The lowest BCUT2D eigenvalue weighted by molar-refractivity contribution is 0.00578. The van der Waals surface area contributed by atoms with Gasteiger partial charge in [0.1, 0.15) is 0 Å². The summed E-state index contributed by atoms with van der Waals surface area (Å²) in [5, 5.41) is 0. The Bertz CT molecular complexity index is 496. The monoisotopic (exact) mass is 260 g/mol. The average molecular weight is 260 g/mol. The topological polar surface area (TPSA) is 57.4 Å². The first-order valence-corrected chi connectivity index (χ1v) is 6.47. The first kappa shape index (κ1) is 14.1. The molecule has 0 aromatic carbocycles. The Morgan fingerprint density at radius 3 is 2.32 bits per heavy atom. The molecule has 1 aromatic heterocycles. The minimum Gasteiger partial charge on any atom is -0.400 e. The summed E-state index contributed by atoms with van der Waals surface area (Å²) in [4.78, 5) is 4.29. The molecule has 1 aliphatic heterocycles. The van der Waals surface area contributed by atoms with E-state index in [4.69, 9.17) is 15.0 Å². The fourth-order valence-electron chi connectivity index (χ4n) is 1.79. The molecule has 0 radical (unpaired) electrons. The molecule has 0 aliphatic carbocycles. The van der Waals surface area contributed by atoms with Gasteiger partial charge in [-0.05, 0) is 52.3 Å². The van der Waals surface area contributed by atoms with Crippen LogP contribution in [0, 0.1) is 6.92 Å². The van der Waals surface area contributed by atoms with E-state index in [-0.39, 0.29) is 18.3 Å². The van der Waals surface area contributed by atoms with Crippen LogP contribution in [0.25, 0.3) is 6.08 Å². The van der Waals surface area contributed by atoms with Crippen molar-refractivity contribution in [2.24, 2.45) is 0 Å². The molecule has 1 aromatic rings. The largest absolute Gasteiger partial charge is 0.487 e. The second kappa shape index (κ2) is 4.65. The summed E-state index contributed by atoms with van der Waals surface area (Å²) >= 11 is 0. The number of nitrogens with two attached hydrogens (primary N) is 1. The van der Waals surface area contributed by atoms with Crippen LogP contribution in [0.4, 0.5) is 5.69 Å². The van der Waals surface area contributed by atoms with Crippen LogP contribution in [-0.4, -0.2) is 23.3 Å². The highest BCUT2D eigenvalue weighted by molar-refractivity contribution is 6.52. The molecule has 102 valence electrons. The van der Waals surface area contributed by atoms with Crippen molar-refractivity contribution in [3.05, 3.63) is 29.5 Å². The molecule has 2 rings (SSSR count). The van der Waals surface area contributed by atoms with E-state index in [2.05, 4.69) is 4.98 Å². The number of pyridine rings is 1. The van der Waals surface area contributed by atoms with E-state index in [1.54, 1.807) is 6.20 Å². The van der Waals surface area contributed by atoms with Gasteiger partial charge in [0.25, 0.3) is 0 Å². The molecule has 0 bridgehead atoms. The maximum Gasteiger partial charge on any atom is 0.487 e. The van der Waals surface area contributed by atoms with E-state index < -0.39 is 0 Å². The number of hydrogen-bond donors (Lipinski definition) is 1. The van der Waals surface area contributed by atoms with Crippen molar-refractivity contribution < 1.29 is 9.31 Å². The molecular formula is C14H21BN2O2. The summed E-state index contributed by atoms with van der Waals surface area (Å²) in [6.07, 6.45) is 3.64. The lowest BCUT2D eigenvalue weighted by Gasteiger charge is -2.32. The zero-order chi connectivity index (χ0) is 14.3. The van der Waals surface area contributed by atoms with Crippen LogP contribution >= 0.6 is 0 Å². The molecule has 0 atom stereocenters. The summed E-state index contributed by atoms with van der Waals surface area (Å²) in [5.74, 6) is 1.87. The molecule has 0 saturated carbocycles. The van der Waals surface area contributed by atoms with Crippen LogP contribution in [0.5, 0.6) is 0 Å². The van der Waals surface area contributed by atoms with Crippen LogP contribution < -0.4 is 5.73 Å². The number of anilines is 1. The second-order valence-corrected chi connectivity index (χ2v) is 5.95. The Balaban J connectivity index is 2.10. The smallest absolute Gasteiger partial charge is 0.400 e. The zero-order valence-corrected chi connectivity index (χ0v) is 12.2. The van der Waals surface area contributed by atoms with Gasteiger partial charge in [-0.2, -0.15) is 0 Å². The Morgan fingerprint density at radius 2 is 1.79 bits per heavy atom. The summed E-state index contributed by atoms with van der Waals surface area (Å²) in [6.45, 7) is 10.1. The summed E-state index contributed by atoms with van der Waals surface area (Å²) in [5.41, 5.74) is 7.74. The number of aryl methyl sites for hydroxylation is 1. The normalized spacial score (nSPS) is 21.2. The zero-order valence-electron chi connectivity index (χ0n) is 12.2. The van der Waals surface area contributed by atoms with E-state index in [0.717, 1.165) is 16.9 Å². The van der Waals surface area contributed by atoms with E-state index in [9.17, 15) is 0 Å². The molecule has 1 fully saturated rings. The van der Waals surface area contributed by atoms with Crippen molar-refractivity contribution in [2.45, 2.75) is 45.8 Å². The molecule has 5 heteroatoms. The molecule has 2 N–H and O–H groups in total. The Hall–Kier alpha value is -1.33. The molecule has 0 spiro atoms. The highest BCUT2D eigenvalue weighted by Gasteiger charge is 2.49. The van der Waals surface area contributed by atoms with Gasteiger partial charge in [-0.15, -0.1) is 0 Å². The summed E-state index contributed by atoms with van der Waals surface area (Å²) in [6, 6.07) is 1.84. The second-order valence-electron chi connectivity index (χ2n) is 5.95. The summed E-state index contributed by atoms with van der Waals surface area (Å²) < 4.78 is 11.7. The molecule has 1 aliphatic rings. The van der Waals surface area contributed by atoms with Crippen molar-refractivity contribution in [2.75, 3.05) is 5.73 Å². The average Bonchev–Trinajstić information content (AvgIpc) is 2.49. The minimum absolute atomic E-state index is 0.318. The van der Waals surface area contributed by atoms with Crippen LogP contribution in [0.2, 0.25) is 0 Å². The van der Waals surface area contributed by atoms with Crippen LogP contribution in [0.15, 0.2) is 18.2 Å². The van der Waals surface area contributed by atoms with Crippen molar-refractivity contribution in [3.63, 3.8) is 0 Å². The number of hydrogen-bond acceptors (Lipinski definition) is 4. The third kappa shape index (κ3) is 2.82. The SMILES string of the molecule is Cc1cnc(/C=C/B2OC(C)(C)C(C)(C)O2)cc1N. The maximum absolute atomic E-state index is 5.87. The maximum atomic E-state index is 5.87. The first-order valence-electron chi connectivity index (χ1n) is 6.47. The Morgan fingerprint density at radius 1 is 1.21 bits per heavy atom. The third-order valence-electron chi connectivity index (χ3n) is 3.86. The van der Waals surface area contributed by atoms with Crippen LogP contribution in [-0.2, 0) is 9.31 Å². The van der Waals surface area contributed by atoms with Crippen molar-refractivity contribution >= 4 is 18.9 Å². The molecule has 2 heterocycles. The van der Waals surface area contributed by atoms with Gasteiger partial charge < -0.3 is 15.0 Å². The van der Waals surface area contributed by atoms with Crippen molar-refractivity contribution in [3.8, 4) is 0 Å². The number of nitrogen functional groups attached to an aromatic ring is 1. The predicted octanol–water partition coefficient (Wildman–Crippen LogP) is 2.62. The van der Waals surface area contributed by atoms with E-state index >= 15 is 0 Å². The molecule has 4 nitrogen and oxygen atoms in total. The molecule has 0 amide bonds. The van der Waals surface area contributed by atoms with E-state index in [1.807, 2.05) is 52.7 Å². The van der Waals surface area contributed by atoms with Gasteiger partial charge in [-0.3, -0.25) is 4.98 Å². The fraction of sp³-hybridized carbons (Fsp3) is 0.500. The van der Waals surface area contributed by atoms with Crippen LogP contribution in [0.3, 0.4) is 0 Å². The molecule has 1 saturated heterocycles.